The fourth-order valence-electron chi connectivity index (χ4n) is 3.36. The van der Waals surface area contributed by atoms with Crippen molar-refractivity contribution >= 4 is 15.9 Å². The third-order valence-corrected chi connectivity index (χ3v) is 5.03. The number of fused-ring (bicyclic) bond motifs is 1. The molecule has 3 unspecified atom stereocenters. The zero-order valence-corrected chi connectivity index (χ0v) is 13.1. The van der Waals surface area contributed by atoms with E-state index in [4.69, 9.17) is 4.74 Å². The topological polar surface area (TPSA) is 21.3 Å². The van der Waals surface area contributed by atoms with Crippen molar-refractivity contribution in [3.63, 3.8) is 0 Å². The zero-order valence-electron chi connectivity index (χ0n) is 11.5. The van der Waals surface area contributed by atoms with Gasteiger partial charge in [-0.05, 0) is 37.0 Å². The highest BCUT2D eigenvalue weighted by atomic mass is 79.9. The number of ether oxygens (including phenoxy) is 1. The number of benzene rings is 1. The molecule has 1 aromatic carbocycles. The molecule has 1 heterocycles. The van der Waals surface area contributed by atoms with Gasteiger partial charge in [0.15, 0.2) is 0 Å². The summed E-state index contributed by atoms with van der Waals surface area (Å²) in [7, 11) is 0. The van der Waals surface area contributed by atoms with Gasteiger partial charge in [0.1, 0.15) is 5.75 Å². The van der Waals surface area contributed by atoms with Crippen molar-refractivity contribution in [1.29, 1.82) is 0 Å². The summed E-state index contributed by atoms with van der Waals surface area (Å²) in [5, 5.41) is 3.89. The maximum absolute atomic E-state index is 5.76. The molecule has 1 aromatic rings. The summed E-state index contributed by atoms with van der Waals surface area (Å²) in [6, 6.07) is 7.47. The van der Waals surface area contributed by atoms with Crippen molar-refractivity contribution in [1.82, 2.24) is 5.32 Å². The van der Waals surface area contributed by atoms with Gasteiger partial charge in [-0.1, -0.05) is 35.7 Å². The molecule has 1 aliphatic heterocycles. The first-order chi connectivity index (χ1) is 9.24. The highest BCUT2D eigenvalue weighted by molar-refractivity contribution is 9.10. The molecule has 0 amide bonds. The molecule has 0 spiro atoms. The molecule has 1 fully saturated rings. The molecule has 0 aromatic heterocycles. The van der Waals surface area contributed by atoms with Crippen LogP contribution in [0.2, 0.25) is 0 Å². The fraction of sp³-hybridized carbons (Fsp3) is 0.625. The van der Waals surface area contributed by atoms with Crippen LogP contribution in [0, 0.1) is 5.92 Å². The average Bonchev–Trinajstić information content (AvgIpc) is 2.42. The Balaban J connectivity index is 1.77. The average molecular weight is 324 g/mol. The standard InChI is InChI=1S/C16H22BrNO/c1-11-4-2-3-5-14(11)18-15-8-9-19-16-7-6-12(17)10-13(15)16/h6-7,10-11,14-15,18H,2-5,8-9H2,1H3. The van der Waals surface area contributed by atoms with Gasteiger partial charge in [0, 0.05) is 28.5 Å². The Hall–Kier alpha value is -0.540. The summed E-state index contributed by atoms with van der Waals surface area (Å²) in [6.45, 7) is 3.21. The third-order valence-electron chi connectivity index (χ3n) is 4.54. The predicted octanol–water partition coefficient (Wildman–Crippen LogP) is 4.44. The summed E-state index contributed by atoms with van der Waals surface area (Å²) in [4.78, 5) is 0. The van der Waals surface area contributed by atoms with E-state index in [1.807, 2.05) is 0 Å². The molecule has 0 saturated heterocycles. The van der Waals surface area contributed by atoms with Gasteiger partial charge in [-0.2, -0.15) is 0 Å². The molecule has 3 rings (SSSR count). The summed E-state index contributed by atoms with van der Waals surface area (Å²) < 4.78 is 6.90. The summed E-state index contributed by atoms with van der Waals surface area (Å²) in [5.41, 5.74) is 1.32. The molecule has 3 heteroatoms. The SMILES string of the molecule is CC1CCCCC1NC1CCOc2ccc(Br)cc21. The minimum atomic E-state index is 0.451. The van der Waals surface area contributed by atoms with Crippen LogP contribution in [0.15, 0.2) is 22.7 Å². The quantitative estimate of drug-likeness (QED) is 0.868. The molecule has 1 saturated carbocycles. The number of halogens is 1. The van der Waals surface area contributed by atoms with Crippen LogP contribution in [0.3, 0.4) is 0 Å². The van der Waals surface area contributed by atoms with Crippen molar-refractivity contribution in [3.05, 3.63) is 28.2 Å². The molecule has 3 atom stereocenters. The van der Waals surface area contributed by atoms with Gasteiger partial charge in [-0.3, -0.25) is 0 Å². The number of hydrogen-bond acceptors (Lipinski definition) is 2. The van der Waals surface area contributed by atoms with Crippen LogP contribution in [0.1, 0.15) is 50.6 Å². The van der Waals surface area contributed by atoms with Gasteiger partial charge in [0.25, 0.3) is 0 Å². The number of rotatable bonds is 2. The predicted molar refractivity (Wildman–Crippen MR) is 81.6 cm³/mol. The van der Waals surface area contributed by atoms with Gasteiger partial charge in [-0.15, -0.1) is 0 Å². The van der Waals surface area contributed by atoms with E-state index in [0.717, 1.165) is 29.2 Å². The van der Waals surface area contributed by atoms with E-state index in [2.05, 4.69) is 46.4 Å². The lowest BCUT2D eigenvalue weighted by Gasteiger charge is -2.35. The van der Waals surface area contributed by atoms with Gasteiger partial charge < -0.3 is 10.1 Å². The second-order valence-corrected chi connectivity index (χ2v) is 6.82. The van der Waals surface area contributed by atoms with E-state index < -0.39 is 0 Å². The summed E-state index contributed by atoms with van der Waals surface area (Å²) in [5.74, 6) is 1.85. The maximum atomic E-state index is 5.76. The van der Waals surface area contributed by atoms with Gasteiger partial charge in [0.2, 0.25) is 0 Å². The molecule has 2 nitrogen and oxygen atoms in total. The molecule has 19 heavy (non-hydrogen) atoms. The Morgan fingerprint density at radius 3 is 2.89 bits per heavy atom. The van der Waals surface area contributed by atoms with Crippen molar-refractivity contribution in [3.8, 4) is 5.75 Å². The first-order valence-corrected chi connectivity index (χ1v) is 8.21. The number of hydrogen-bond donors (Lipinski definition) is 1. The first kappa shape index (κ1) is 13.4. The van der Waals surface area contributed by atoms with E-state index in [1.54, 1.807) is 0 Å². The summed E-state index contributed by atoms with van der Waals surface area (Å²) in [6.07, 6.45) is 6.53. The molecule has 0 radical (unpaired) electrons. The Bertz CT molecular complexity index is 448. The van der Waals surface area contributed by atoms with Crippen molar-refractivity contribution < 1.29 is 4.74 Å². The third kappa shape index (κ3) is 2.97. The van der Waals surface area contributed by atoms with Crippen LogP contribution in [0.25, 0.3) is 0 Å². The lowest BCUT2D eigenvalue weighted by Crippen LogP contribution is -2.41. The Morgan fingerprint density at radius 2 is 2.05 bits per heavy atom. The first-order valence-electron chi connectivity index (χ1n) is 7.42. The highest BCUT2D eigenvalue weighted by Crippen LogP contribution is 2.36. The van der Waals surface area contributed by atoms with E-state index in [1.165, 1.54) is 31.2 Å². The Morgan fingerprint density at radius 1 is 1.21 bits per heavy atom. The van der Waals surface area contributed by atoms with Crippen LogP contribution in [-0.2, 0) is 0 Å². The van der Waals surface area contributed by atoms with Crippen LogP contribution < -0.4 is 10.1 Å². The number of nitrogens with one attached hydrogen (secondary N) is 1. The molecule has 1 N–H and O–H groups in total. The van der Waals surface area contributed by atoms with Crippen LogP contribution in [0.5, 0.6) is 5.75 Å². The Kier molecular flexibility index (Phi) is 4.13. The molecule has 104 valence electrons. The monoisotopic (exact) mass is 323 g/mol. The second-order valence-electron chi connectivity index (χ2n) is 5.91. The lowest BCUT2D eigenvalue weighted by molar-refractivity contribution is 0.209. The minimum Gasteiger partial charge on any atom is -0.493 e. The Labute approximate surface area is 124 Å². The van der Waals surface area contributed by atoms with Crippen LogP contribution >= 0.6 is 15.9 Å². The van der Waals surface area contributed by atoms with Crippen molar-refractivity contribution in [2.45, 2.75) is 51.1 Å². The summed E-state index contributed by atoms with van der Waals surface area (Å²) >= 11 is 3.57. The van der Waals surface area contributed by atoms with Crippen molar-refractivity contribution in [2.24, 2.45) is 5.92 Å². The van der Waals surface area contributed by atoms with Gasteiger partial charge >= 0.3 is 0 Å². The minimum absolute atomic E-state index is 0.451. The molecule has 1 aliphatic carbocycles. The smallest absolute Gasteiger partial charge is 0.124 e. The van der Waals surface area contributed by atoms with Crippen LogP contribution in [-0.4, -0.2) is 12.6 Å². The van der Waals surface area contributed by atoms with E-state index in [-0.39, 0.29) is 0 Å². The normalized spacial score (nSPS) is 30.5. The molecule has 0 bridgehead atoms. The molecular weight excluding hydrogens is 302 g/mol. The largest absolute Gasteiger partial charge is 0.493 e. The van der Waals surface area contributed by atoms with E-state index in [0.29, 0.717) is 12.1 Å². The zero-order chi connectivity index (χ0) is 13.2. The molecule has 2 aliphatic rings. The van der Waals surface area contributed by atoms with E-state index in [9.17, 15) is 0 Å². The van der Waals surface area contributed by atoms with Crippen molar-refractivity contribution in [2.75, 3.05) is 6.61 Å². The van der Waals surface area contributed by atoms with Gasteiger partial charge in [-0.25, -0.2) is 0 Å². The second kappa shape index (κ2) is 5.84. The van der Waals surface area contributed by atoms with Crippen LogP contribution in [0.4, 0.5) is 0 Å². The van der Waals surface area contributed by atoms with E-state index >= 15 is 0 Å². The lowest BCUT2D eigenvalue weighted by atomic mass is 9.84. The fourth-order valence-corrected chi connectivity index (χ4v) is 3.74. The highest BCUT2D eigenvalue weighted by Gasteiger charge is 2.27. The maximum Gasteiger partial charge on any atom is 0.124 e. The molecular formula is C16H22BrNO. The van der Waals surface area contributed by atoms with Gasteiger partial charge in [0.05, 0.1) is 6.61 Å².